The van der Waals surface area contributed by atoms with E-state index >= 15 is 0 Å². The lowest BCUT2D eigenvalue weighted by Crippen LogP contribution is -2.40. The van der Waals surface area contributed by atoms with Crippen LogP contribution in [0.3, 0.4) is 0 Å². The standard InChI is InChI=1S/C8H17N3O3/c1-10-4-5-11-6(8(13)14)2-3-7(9)12/h6,10-11H,2-5H2,1H3,(H2,9,12)(H,13,14)/t6-/m0/s1. The number of hydrogen-bond acceptors (Lipinski definition) is 4. The third kappa shape index (κ3) is 6.38. The average molecular weight is 203 g/mol. The van der Waals surface area contributed by atoms with E-state index in [4.69, 9.17) is 10.8 Å². The third-order valence-electron chi connectivity index (χ3n) is 1.74. The Labute approximate surface area is 82.9 Å². The minimum Gasteiger partial charge on any atom is -0.480 e. The number of likely N-dealkylation sites (N-methyl/N-ethyl adjacent to an activating group) is 1. The smallest absolute Gasteiger partial charge is 0.320 e. The third-order valence-corrected chi connectivity index (χ3v) is 1.74. The first-order valence-electron chi connectivity index (χ1n) is 4.47. The van der Waals surface area contributed by atoms with Crippen molar-refractivity contribution in [2.24, 2.45) is 5.73 Å². The summed E-state index contributed by atoms with van der Waals surface area (Å²) in [5, 5.41) is 14.4. The second-order valence-electron chi connectivity index (χ2n) is 2.95. The van der Waals surface area contributed by atoms with Gasteiger partial charge in [0, 0.05) is 19.5 Å². The zero-order chi connectivity index (χ0) is 11.0. The van der Waals surface area contributed by atoms with Crippen LogP contribution in [0.2, 0.25) is 0 Å². The van der Waals surface area contributed by atoms with Gasteiger partial charge in [0.25, 0.3) is 0 Å². The molecule has 0 aromatic rings. The molecule has 0 radical (unpaired) electrons. The molecule has 6 heteroatoms. The van der Waals surface area contributed by atoms with Crippen molar-refractivity contribution in [3.8, 4) is 0 Å². The quantitative estimate of drug-likeness (QED) is 0.360. The van der Waals surface area contributed by atoms with Crippen LogP contribution in [0.25, 0.3) is 0 Å². The second kappa shape index (κ2) is 7.28. The maximum atomic E-state index is 10.7. The lowest BCUT2D eigenvalue weighted by molar-refractivity contribution is -0.139. The molecular formula is C8H17N3O3. The topological polar surface area (TPSA) is 104 Å². The summed E-state index contributed by atoms with van der Waals surface area (Å²) < 4.78 is 0. The molecule has 0 aliphatic rings. The molecule has 14 heavy (non-hydrogen) atoms. The molecule has 0 aromatic heterocycles. The summed E-state index contributed by atoms with van der Waals surface area (Å²) in [5.41, 5.74) is 4.92. The predicted octanol–water partition coefficient (Wildman–Crippen LogP) is -1.49. The number of nitrogens with one attached hydrogen (secondary N) is 2. The molecule has 1 amide bonds. The zero-order valence-electron chi connectivity index (χ0n) is 8.25. The van der Waals surface area contributed by atoms with Gasteiger partial charge in [-0.05, 0) is 13.5 Å². The second-order valence-corrected chi connectivity index (χ2v) is 2.95. The molecule has 82 valence electrons. The van der Waals surface area contributed by atoms with Crippen LogP contribution in [0.1, 0.15) is 12.8 Å². The Morgan fingerprint density at radius 2 is 2.07 bits per heavy atom. The molecule has 0 aliphatic carbocycles. The Morgan fingerprint density at radius 3 is 2.50 bits per heavy atom. The van der Waals surface area contributed by atoms with E-state index in [2.05, 4.69) is 10.6 Å². The van der Waals surface area contributed by atoms with Crippen LogP contribution in [0, 0.1) is 0 Å². The normalized spacial score (nSPS) is 12.4. The summed E-state index contributed by atoms with van der Waals surface area (Å²) in [6.07, 6.45) is 0.317. The highest BCUT2D eigenvalue weighted by Crippen LogP contribution is 1.96. The van der Waals surface area contributed by atoms with E-state index in [9.17, 15) is 9.59 Å². The zero-order valence-corrected chi connectivity index (χ0v) is 8.25. The molecule has 0 heterocycles. The van der Waals surface area contributed by atoms with Gasteiger partial charge in [-0.2, -0.15) is 0 Å². The molecule has 0 aliphatic heterocycles. The van der Waals surface area contributed by atoms with E-state index in [1.165, 1.54) is 0 Å². The van der Waals surface area contributed by atoms with Crippen LogP contribution in [-0.4, -0.2) is 43.2 Å². The van der Waals surface area contributed by atoms with E-state index in [1.807, 2.05) is 0 Å². The van der Waals surface area contributed by atoms with Gasteiger partial charge in [0.05, 0.1) is 0 Å². The number of carboxylic acid groups (broad SMARTS) is 1. The van der Waals surface area contributed by atoms with Crippen LogP contribution in [-0.2, 0) is 9.59 Å². The summed E-state index contributed by atoms with van der Waals surface area (Å²) in [7, 11) is 1.78. The van der Waals surface area contributed by atoms with Crippen LogP contribution >= 0.6 is 0 Å². The maximum Gasteiger partial charge on any atom is 0.320 e. The van der Waals surface area contributed by atoms with Crippen LogP contribution in [0.5, 0.6) is 0 Å². The van der Waals surface area contributed by atoms with Gasteiger partial charge in [-0.1, -0.05) is 0 Å². The molecule has 0 unspecified atom stereocenters. The van der Waals surface area contributed by atoms with Crippen molar-refractivity contribution in [3.05, 3.63) is 0 Å². The number of rotatable bonds is 8. The number of hydrogen-bond donors (Lipinski definition) is 4. The Bertz CT molecular complexity index is 196. The Balaban J connectivity index is 3.78. The van der Waals surface area contributed by atoms with E-state index in [-0.39, 0.29) is 12.8 Å². The van der Waals surface area contributed by atoms with E-state index in [0.29, 0.717) is 13.1 Å². The molecular weight excluding hydrogens is 186 g/mol. The van der Waals surface area contributed by atoms with E-state index < -0.39 is 17.9 Å². The van der Waals surface area contributed by atoms with Crippen molar-refractivity contribution < 1.29 is 14.7 Å². The van der Waals surface area contributed by atoms with Gasteiger partial charge >= 0.3 is 5.97 Å². The first kappa shape index (κ1) is 12.9. The van der Waals surface area contributed by atoms with Gasteiger partial charge in [0.1, 0.15) is 6.04 Å². The van der Waals surface area contributed by atoms with Gasteiger partial charge in [0.2, 0.25) is 5.91 Å². The number of carboxylic acids is 1. The lowest BCUT2D eigenvalue weighted by atomic mass is 10.1. The molecule has 0 saturated heterocycles. The molecule has 1 atom stereocenters. The van der Waals surface area contributed by atoms with Crippen molar-refractivity contribution in [1.82, 2.24) is 10.6 Å². The Kier molecular flexibility index (Phi) is 6.69. The van der Waals surface area contributed by atoms with E-state index in [0.717, 1.165) is 0 Å². The first-order chi connectivity index (χ1) is 6.57. The monoisotopic (exact) mass is 203 g/mol. The van der Waals surface area contributed by atoms with Crippen molar-refractivity contribution >= 4 is 11.9 Å². The van der Waals surface area contributed by atoms with Crippen molar-refractivity contribution in [2.45, 2.75) is 18.9 Å². The summed E-state index contributed by atoms with van der Waals surface area (Å²) in [6.45, 7) is 1.23. The molecule has 5 N–H and O–H groups in total. The van der Waals surface area contributed by atoms with Crippen molar-refractivity contribution in [3.63, 3.8) is 0 Å². The minimum absolute atomic E-state index is 0.0868. The number of primary amides is 1. The minimum atomic E-state index is -0.956. The van der Waals surface area contributed by atoms with Gasteiger partial charge in [-0.15, -0.1) is 0 Å². The number of carbonyl (C=O) groups excluding carboxylic acids is 1. The number of amides is 1. The highest BCUT2D eigenvalue weighted by molar-refractivity contribution is 5.77. The molecule has 0 saturated carbocycles. The van der Waals surface area contributed by atoms with Gasteiger partial charge in [-0.3, -0.25) is 9.59 Å². The number of nitrogens with two attached hydrogens (primary N) is 1. The van der Waals surface area contributed by atoms with Gasteiger partial charge in [0.15, 0.2) is 0 Å². The van der Waals surface area contributed by atoms with Gasteiger partial charge in [-0.25, -0.2) is 0 Å². The maximum absolute atomic E-state index is 10.7. The van der Waals surface area contributed by atoms with Crippen LogP contribution in [0.4, 0.5) is 0 Å². The molecule has 6 nitrogen and oxygen atoms in total. The van der Waals surface area contributed by atoms with Crippen LogP contribution < -0.4 is 16.4 Å². The van der Waals surface area contributed by atoms with Crippen LogP contribution in [0.15, 0.2) is 0 Å². The molecule has 0 aromatic carbocycles. The Hall–Kier alpha value is -1.14. The number of aliphatic carboxylic acids is 1. The predicted molar refractivity (Wildman–Crippen MR) is 51.8 cm³/mol. The molecule has 0 spiro atoms. The summed E-state index contributed by atoms with van der Waals surface area (Å²) in [5.74, 6) is -1.44. The first-order valence-corrected chi connectivity index (χ1v) is 4.47. The highest BCUT2D eigenvalue weighted by atomic mass is 16.4. The van der Waals surface area contributed by atoms with E-state index in [1.54, 1.807) is 7.05 Å². The van der Waals surface area contributed by atoms with Crippen molar-refractivity contribution in [2.75, 3.05) is 20.1 Å². The summed E-state index contributed by atoms with van der Waals surface area (Å²) in [6, 6.07) is -0.698. The summed E-state index contributed by atoms with van der Waals surface area (Å²) in [4.78, 5) is 21.1. The highest BCUT2D eigenvalue weighted by Gasteiger charge is 2.16. The number of carbonyl (C=O) groups is 2. The lowest BCUT2D eigenvalue weighted by Gasteiger charge is -2.12. The fraction of sp³-hybridized carbons (Fsp3) is 0.750. The fourth-order valence-corrected chi connectivity index (χ4v) is 0.971. The summed E-state index contributed by atoms with van der Waals surface area (Å²) >= 11 is 0. The largest absolute Gasteiger partial charge is 0.480 e. The Morgan fingerprint density at radius 1 is 1.43 bits per heavy atom. The fourth-order valence-electron chi connectivity index (χ4n) is 0.971. The SMILES string of the molecule is CNCCN[C@@H](CCC(N)=O)C(=O)O. The molecule has 0 fully saturated rings. The molecule has 0 bridgehead atoms. The van der Waals surface area contributed by atoms with Crippen molar-refractivity contribution in [1.29, 1.82) is 0 Å². The molecule has 0 rings (SSSR count). The van der Waals surface area contributed by atoms with Gasteiger partial charge < -0.3 is 21.5 Å². The average Bonchev–Trinajstić information content (AvgIpc) is 2.10.